The van der Waals surface area contributed by atoms with Crippen molar-refractivity contribution in [3.05, 3.63) is 24.2 Å². The molecule has 0 saturated heterocycles. The molecule has 1 aromatic rings. The van der Waals surface area contributed by atoms with Gasteiger partial charge >= 0.3 is 0 Å². The van der Waals surface area contributed by atoms with E-state index in [4.69, 9.17) is 15.4 Å². The topological polar surface area (TPSA) is 63.0 Å². The normalized spacial score (nSPS) is 11.3. The third kappa shape index (κ3) is 2.62. The summed E-state index contributed by atoms with van der Waals surface area (Å²) in [6, 6.07) is 5.22. The maximum absolute atomic E-state index is 8.26. The average Bonchev–Trinajstić information content (AvgIpc) is 2.38. The largest absolute Gasteiger partial charge is 0.468 e. The maximum atomic E-state index is 8.26. The van der Waals surface area contributed by atoms with Gasteiger partial charge in [0.25, 0.3) is 0 Å². The molecule has 0 unspecified atom stereocenters. The summed E-state index contributed by atoms with van der Waals surface area (Å²) in [6.45, 7) is 0. The zero-order chi connectivity index (χ0) is 7.40. The van der Waals surface area contributed by atoms with Crippen molar-refractivity contribution in [3.63, 3.8) is 0 Å². The number of rotatable bonds is 2. The Morgan fingerprint density at radius 3 is 2.91 bits per heavy atom. The number of furan rings is 1. The number of hydrogen-bond acceptors (Lipinski definition) is 3. The molecule has 4 heteroatoms. The van der Waals surface area contributed by atoms with Gasteiger partial charge in [0.1, 0.15) is 5.76 Å². The Morgan fingerprint density at radius 2 is 2.45 bits per heavy atom. The molecule has 0 aliphatic heterocycles. The third-order valence-corrected chi connectivity index (χ3v) is 1.22. The van der Waals surface area contributed by atoms with Gasteiger partial charge in [-0.25, -0.2) is 0 Å². The molecule has 1 aromatic heterocycles. The van der Waals surface area contributed by atoms with E-state index in [1.165, 1.54) is 0 Å². The Kier molecular flexibility index (Phi) is 4.35. The molecule has 0 radical (unpaired) electrons. The second kappa shape index (κ2) is 4.78. The molecule has 0 spiro atoms. The Bertz CT molecular complexity index is 227. The third-order valence-electron chi connectivity index (χ3n) is 1.22. The van der Waals surface area contributed by atoms with Gasteiger partial charge in [0.2, 0.25) is 0 Å². The van der Waals surface area contributed by atoms with E-state index in [1.807, 2.05) is 6.07 Å². The van der Waals surface area contributed by atoms with Crippen LogP contribution in [0.1, 0.15) is 18.2 Å². The fourth-order valence-electron chi connectivity index (χ4n) is 0.701. The van der Waals surface area contributed by atoms with Gasteiger partial charge in [-0.15, -0.1) is 12.4 Å². The summed E-state index contributed by atoms with van der Waals surface area (Å²) >= 11 is 0. The molecule has 1 rings (SSSR count). The zero-order valence-electron chi connectivity index (χ0n) is 5.86. The molecule has 0 aromatic carbocycles. The minimum absolute atomic E-state index is 0. The van der Waals surface area contributed by atoms with Gasteiger partial charge in [-0.2, -0.15) is 5.26 Å². The first kappa shape index (κ1) is 10.0. The number of nitrogens with two attached hydrogens (primary N) is 1. The fraction of sp³-hybridized carbons (Fsp3) is 0.286. The van der Waals surface area contributed by atoms with Gasteiger partial charge in [-0.3, -0.25) is 0 Å². The van der Waals surface area contributed by atoms with Crippen LogP contribution in [0.3, 0.4) is 0 Å². The lowest BCUT2D eigenvalue weighted by molar-refractivity contribution is 0.469. The van der Waals surface area contributed by atoms with E-state index in [2.05, 4.69) is 0 Å². The number of hydrogen-bond donors (Lipinski definition) is 1. The van der Waals surface area contributed by atoms with Crippen LogP contribution < -0.4 is 5.73 Å². The zero-order valence-corrected chi connectivity index (χ0v) is 6.67. The van der Waals surface area contributed by atoms with Crippen LogP contribution in [-0.2, 0) is 0 Å². The van der Waals surface area contributed by atoms with Gasteiger partial charge in [-0.05, 0) is 12.1 Å². The lowest BCUT2D eigenvalue weighted by Gasteiger charge is -2.00. The van der Waals surface area contributed by atoms with Crippen molar-refractivity contribution in [1.29, 1.82) is 5.26 Å². The van der Waals surface area contributed by atoms with Crippen molar-refractivity contribution >= 4 is 12.4 Å². The van der Waals surface area contributed by atoms with Crippen LogP contribution >= 0.6 is 12.4 Å². The quantitative estimate of drug-likeness (QED) is 0.737. The van der Waals surface area contributed by atoms with Crippen molar-refractivity contribution in [3.8, 4) is 6.07 Å². The first-order chi connectivity index (χ1) is 4.84. The Labute approximate surface area is 71.2 Å². The molecule has 2 N–H and O–H groups in total. The molecular formula is C7H9ClN2O. The van der Waals surface area contributed by atoms with Crippen LogP contribution in [0, 0.1) is 11.3 Å². The molecule has 0 aliphatic carbocycles. The minimum atomic E-state index is -0.278. The summed E-state index contributed by atoms with van der Waals surface area (Å²) < 4.78 is 4.97. The van der Waals surface area contributed by atoms with Crippen LogP contribution in [-0.4, -0.2) is 0 Å². The molecule has 11 heavy (non-hydrogen) atoms. The summed E-state index contributed by atoms with van der Waals surface area (Å²) in [6.07, 6.45) is 1.85. The smallest absolute Gasteiger partial charge is 0.121 e. The van der Waals surface area contributed by atoms with Gasteiger partial charge in [-0.1, -0.05) is 0 Å². The van der Waals surface area contributed by atoms with Crippen molar-refractivity contribution < 1.29 is 4.42 Å². The SMILES string of the molecule is Cl.N#CC[C@@H](N)c1ccco1. The van der Waals surface area contributed by atoms with E-state index >= 15 is 0 Å². The van der Waals surface area contributed by atoms with E-state index in [-0.39, 0.29) is 18.4 Å². The fourth-order valence-corrected chi connectivity index (χ4v) is 0.701. The van der Waals surface area contributed by atoms with Crippen molar-refractivity contribution in [2.45, 2.75) is 12.5 Å². The van der Waals surface area contributed by atoms with E-state index in [0.29, 0.717) is 12.2 Å². The molecule has 1 heterocycles. The van der Waals surface area contributed by atoms with Gasteiger partial charge in [0, 0.05) is 0 Å². The summed E-state index contributed by atoms with van der Waals surface area (Å²) in [4.78, 5) is 0. The van der Waals surface area contributed by atoms with Crippen LogP contribution in [0.5, 0.6) is 0 Å². The molecule has 0 aliphatic rings. The molecule has 0 saturated carbocycles. The average molecular weight is 173 g/mol. The van der Waals surface area contributed by atoms with Gasteiger partial charge in [0.05, 0.1) is 24.8 Å². The Balaban J connectivity index is 0.000001000. The molecule has 0 amide bonds. The van der Waals surface area contributed by atoms with Crippen molar-refractivity contribution in [1.82, 2.24) is 0 Å². The molecule has 0 fully saturated rings. The highest BCUT2D eigenvalue weighted by Crippen LogP contribution is 2.12. The predicted octanol–water partition coefficient (Wildman–Crippen LogP) is 1.61. The second-order valence-corrected chi connectivity index (χ2v) is 1.98. The Hall–Kier alpha value is -0.980. The lowest BCUT2D eigenvalue weighted by atomic mass is 10.2. The molecule has 0 bridgehead atoms. The summed E-state index contributed by atoms with van der Waals surface area (Å²) in [5, 5.41) is 8.26. The monoisotopic (exact) mass is 172 g/mol. The number of nitriles is 1. The second-order valence-electron chi connectivity index (χ2n) is 1.98. The number of halogens is 1. The van der Waals surface area contributed by atoms with Crippen LogP contribution in [0.2, 0.25) is 0 Å². The molecule has 1 atom stereocenters. The highest BCUT2D eigenvalue weighted by Gasteiger charge is 2.06. The van der Waals surface area contributed by atoms with Crippen LogP contribution in [0.4, 0.5) is 0 Å². The van der Waals surface area contributed by atoms with Crippen molar-refractivity contribution in [2.24, 2.45) is 5.73 Å². The first-order valence-electron chi connectivity index (χ1n) is 3.00. The standard InChI is InChI=1S/C7H8N2O.ClH/c8-4-3-6(9)7-2-1-5-10-7;/h1-2,5-6H,3,9H2;1H/t6-;/m1./s1. The Morgan fingerprint density at radius 1 is 1.73 bits per heavy atom. The summed E-state index contributed by atoms with van der Waals surface area (Å²) in [5.41, 5.74) is 5.53. The summed E-state index contributed by atoms with van der Waals surface area (Å²) in [7, 11) is 0. The molecule has 3 nitrogen and oxygen atoms in total. The van der Waals surface area contributed by atoms with Gasteiger partial charge in [0.15, 0.2) is 0 Å². The maximum Gasteiger partial charge on any atom is 0.121 e. The highest BCUT2D eigenvalue weighted by atomic mass is 35.5. The highest BCUT2D eigenvalue weighted by molar-refractivity contribution is 5.85. The van der Waals surface area contributed by atoms with E-state index in [9.17, 15) is 0 Å². The van der Waals surface area contributed by atoms with Crippen molar-refractivity contribution in [2.75, 3.05) is 0 Å². The molecule has 60 valence electrons. The van der Waals surface area contributed by atoms with E-state index < -0.39 is 0 Å². The van der Waals surface area contributed by atoms with Crippen LogP contribution in [0.15, 0.2) is 22.8 Å². The van der Waals surface area contributed by atoms with E-state index in [1.54, 1.807) is 18.4 Å². The first-order valence-corrected chi connectivity index (χ1v) is 3.00. The van der Waals surface area contributed by atoms with Crippen LogP contribution in [0.25, 0.3) is 0 Å². The predicted molar refractivity (Wildman–Crippen MR) is 43.1 cm³/mol. The minimum Gasteiger partial charge on any atom is -0.468 e. The molecular weight excluding hydrogens is 164 g/mol. The lowest BCUT2D eigenvalue weighted by Crippen LogP contribution is -2.07. The van der Waals surface area contributed by atoms with Gasteiger partial charge < -0.3 is 10.2 Å². The van der Waals surface area contributed by atoms with E-state index in [0.717, 1.165) is 0 Å². The number of nitrogens with zero attached hydrogens (tertiary/aromatic N) is 1. The summed E-state index contributed by atoms with van der Waals surface area (Å²) in [5.74, 6) is 0.668.